The van der Waals surface area contributed by atoms with E-state index in [4.69, 9.17) is 9.47 Å². The van der Waals surface area contributed by atoms with E-state index in [1.807, 2.05) is 48.5 Å². The van der Waals surface area contributed by atoms with Crippen LogP contribution in [-0.4, -0.2) is 23.3 Å². The first-order valence-corrected chi connectivity index (χ1v) is 7.93. The van der Waals surface area contributed by atoms with Gasteiger partial charge in [-0.3, -0.25) is 9.59 Å². The van der Waals surface area contributed by atoms with Crippen LogP contribution >= 0.6 is 0 Å². The molecule has 0 fully saturated rings. The van der Waals surface area contributed by atoms with Crippen LogP contribution < -0.4 is 4.74 Å². The van der Waals surface area contributed by atoms with E-state index in [2.05, 4.69) is 4.98 Å². The second kappa shape index (κ2) is 6.28. The molecule has 5 nitrogen and oxygen atoms in total. The summed E-state index contributed by atoms with van der Waals surface area (Å²) < 4.78 is 11.2. The fraction of sp³-hybridized carbons (Fsp3) is 0.100. The van der Waals surface area contributed by atoms with Gasteiger partial charge in [0, 0.05) is 17.3 Å². The largest absolute Gasteiger partial charge is 0.457 e. The van der Waals surface area contributed by atoms with Crippen molar-refractivity contribution in [2.24, 2.45) is 0 Å². The number of ether oxygens (including phenoxy) is 2. The van der Waals surface area contributed by atoms with E-state index in [-0.39, 0.29) is 12.4 Å². The number of aromatic nitrogens is 1. The van der Waals surface area contributed by atoms with Crippen LogP contribution in [0.25, 0.3) is 0 Å². The van der Waals surface area contributed by atoms with Gasteiger partial charge in [0.15, 0.2) is 6.61 Å². The number of carbonyl (C=O) groups excluding carboxylic acids is 2. The summed E-state index contributed by atoms with van der Waals surface area (Å²) in [5.74, 6) is -0.106. The number of rotatable bonds is 4. The average Bonchev–Trinajstić information content (AvgIpc) is 3.18. The predicted octanol–water partition coefficient (Wildman–Crippen LogP) is 3.68. The first kappa shape index (κ1) is 15.2. The fourth-order valence-corrected chi connectivity index (χ4v) is 2.97. The molecule has 4 rings (SSSR count). The van der Waals surface area contributed by atoms with Gasteiger partial charge in [-0.1, -0.05) is 36.4 Å². The molecule has 0 radical (unpaired) electrons. The molecule has 0 saturated carbocycles. The smallest absolute Gasteiger partial charge is 0.318 e. The van der Waals surface area contributed by atoms with E-state index in [9.17, 15) is 9.59 Å². The van der Waals surface area contributed by atoms with Gasteiger partial charge in [-0.2, -0.15) is 0 Å². The normalized spacial score (nSPS) is 12.6. The number of hydrogen-bond acceptors (Lipinski definition) is 4. The Morgan fingerprint density at radius 1 is 0.920 bits per heavy atom. The van der Waals surface area contributed by atoms with Crippen LogP contribution in [0, 0.1) is 0 Å². The van der Waals surface area contributed by atoms with Crippen molar-refractivity contribution in [3.8, 4) is 11.5 Å². The minimum Gasteiger partial charge on any atom is -0.457 e. The van der Waals surface area contributed by atoms with Crippen molar-refractivity contribution in [1.82, 2.24) is 4.98 Å². The number of H-pyrrole nitrogens is 1. The van der Waals surface area contributed by atoms with Gasteiger partial charge in [0.1, 0.15) is 17.4 Å². The molecule has 0 spiro atoms. The Labute approximate surface area is 144 Å². The van der Waals surface area contributed by atoms with Crippen LogP contribution in [0.2, 0.25) is 0 Å². The van der Waals surface area contributed by atoms with Gasteiger partial charge in [0.25, 0.3) is 0 Å². The molecule has 1 aliphatic heterocycles. The molecule has 5 heteroatoms. The molecular formula is C20H15NO4. The zero-order valence-electron chi connectivity index (χ0n) is 13.3. The second-order valence-electron chi connectivity index (χ2n) is 5.73. The van der Waals surface area contributed by atoms with Crippen molar-refractivity contribution in [3.63, 3.8) is 0 Å². The van der Waals surface area contributed by atoms with E-state index in [0.29, 0.717) is 17.2 Å². The minimum absolute atomic E-state index is 0.271. The third kappa shape index (κ3) is 2.80. The maximum atomic E-state index is 12.8. The molecule has 2 heterocycles. The number of benzene rings is 2. The van der Waals surface area contributed by atoms with E-state index >= 15 is 0 Å². The highest BCUT2D eigenvalue weighted by molar-refractivity contribution is 5.97. The number of esters is 1. The highest BCUT2D eigenvalue weighted by Gasteiger charge is 2.33. The van der Waals surface area contributed by atoms with Crippen molar-refractivity contribution < 1.29 is 19.1 Å². The van der Waals surface area contributed by atoms with Crippen molar-refractivity contribution >= 4 is 11.8 Å². The lowest BCUT2D eigenvalue weighted by Crippen LogP contribution is -2.23. The van der Waals surface area contributed by atoms with Crippen molar-refractivity contribution in [2.75, 3.05) is 6.61 Å². The summed E-state index contributed by atoms with van der Waals surface area (Å²) in [4.78, 5) is 27.6. The topological polar surface area (TPSA) is 68.4 Å². The number of aromatic amines is 1. The van der Waals surface area contributed by atoms with Crippen molar-refractivity contribution in [2.45, 2.75) is 5.92 Å². The van der Waals surface area contributed by atoms with Gasteiger partial charge >= 0.3 is 5.97 Å². The van der Waals surface area contributed by atoms with Crippen LogP contribution in [0.5, 0.6) is 11.5 Å². The summed E-state index contributed by atoms with van der Waals surface area (Å²) in [6.45, 7) is -0.305. The lowest BCUT2D eigenvalue weighted by molar-refractivity contribution is -0.143. The predicted molar refractivity (Wildman–Crippen MR) is 90.9 cm³/mol. The first-order chi connectivity index (χ1) is 12.2. The molecule has 124 valence electrons. The molecule has 3 aromatic rings. The number of Topliss-reactive ketones (excluding diaryl/α,β-unsaturated/α-hetero) is 1. The molecule has 25 heavy (non-hydrogen) atoms. The summed E-state index contributed by atoms with van der Waals surface area (Å²) in [5, 5.41) is 0. The Morgan fingerprint density at radius 2 is 1.56 bits per heavy atom. The Balaban J connectivity index is 1.61. The second-order valence-corrected chi connectivity index (χ2v) is 5.73. The quantitative estimate of drug-likeness (QED) is 0.584. The standard InChI is InChI=1S/C20H15NO4/c22-16(15-8-5-11-21-15)12-24-20(23)19-13-6-1-3-9-17(13)25-18-10-4-2-7-14(18)19/h1-11,19,21H,12H2. The summed E-state index contributed by atoms with van der Waals surface area (Å²) in [6, 6.07) is 18.1. The van der Waals surface area contributed by atoms with E-state index in [1.165, 1.54) is 0 Å². The fourth-order valence-electron chi connectivity index (χ4n) is 2.97. The Hall–Kier alpha value is -3.34. The number of para-hydroxylation sites is 2. The average molecular weight is 333 g/mol. The van der Waals surface area contributed by atoms with Crippen molar-refractivity contribution in [3.05, 3.63) is 83.7 Å². The van der Waals surface area contributed by atoms with Crippen LogP contribution in [-0.2, 0) is 9.53 Å². The zero-order valence-corrected chi connectivity index (χ0v) is 13.3. The van der Waals surface area contributed by atoms with Crippen LogP contribution in [0.3, 0.4) is 0 Å². The van der Waals surface area contributed by atoms with Gasteiger partial charge in [-0.15, -0.1) is 0 Å². The Bertz CT molecular complexity index is 885. The molecule has 0 unspecified atom stereocenters. The molecule has 1 N–H and O–H groups in total. The molecule has 2 aromatic carbocycles. The zero-order chi connectivity index (χ0) is 17.2. The van der Waals surface area contributed by atoms with Gasteiger partial charge in [0.05, 0.1) is 5.69 Å². The molecule has 0 aliphatic carbocycles. The van der Waals surface area contributed by atoms with Crippen molar-refractivity contribution in [1.29, 1.82) is 0 Å². The Kier molecular flexibility index (Phi) is 3.82. The van der Waals surface area contributed by atoms with E-state index in [1.54, 1.807) is 18.3 Å². The molecule has 1 aromatic heterocycles. The lowest BCUT2D eigenvalue weighted by atomic mass is 9.88. The maximum Gasteiger partial charge on any atom is 0.318 e. The summed E-state index contributed by atoms with van der Waals surface area (Å²) in [7, 11) is 0. The molecular weight excluding hydrogens is 318 g/mol. The molecule has 0 amide bonds. The molecule has 0 bridgehead atoms. The number of nitrogens with one attached hydrogen (secondary N) is 1. The van der Waals surface area contributed by atoms with E-state index < -0.39 is 11.9 Å². The van der Waals surface area contributed by atoms with Crippen LogP contribution in [0.4, 0.5) is 0 Å². The Morgan fingerprint density at radius 3 is 2.16 bits per heavy atom. The summed E-state index contributed by atoms with van der Waals surface area (Å²) in [5.41, 5.74) is 1.89. The third-order valence-electron chi connectivity index (χ3n) is 4.16. The van der Waals surface area contributed by atoms with Gasteiger partial charge in [0.2, 0.25) is 5.78 Å². The SMILES string of the molecule is O=C(COC(=O)C1c2ccccc2Oc2ccccc21)c1ccc[nH]1. The number of hydrogen-bond donors (Lipinski definition) is 1. The number of ketones is 1. The summed E-state index contributed by atoms with van der Waals surface area (Å²) in [6.07, 6.45) is 1.65. The highest BCUT2D eigenvalue weighted by atomic mass is 16.5. The monoisotopic (exact) mass is 333 g/mol. The van der Waals surface area contributed by atoms with Gasteiger partial charge in [-0.05, 0) is 24.3 Å². The highest BCUT2D eigenvalue weighted by Crippen LogP contribution is 2.44. The maximum absolute atomic E-state index is 12.8. The lowest BCUT2D eigenvalue weighted by Gasteiger charge is -2.26. The molecule has 1 aliphatic rings. The molecule has 0 atom stereocenters. The van der Waals surface area contributed by atoms with Gasteiger partial charge in [-0.25, -0.2) is 0 Å². The molecule has 0 saturated heterocycles. The number of fused-ring (bicyclic) bond motifs is 2. The minimum atomic E-state index is -0.613. The van der Waals surface area contributed by atoms with Crippen LogP contribution in [0.1, 0.15) is 27.5 Å². The van der Waals surface area contributed by atoms with Gasteiger partial charge < -0.3 is 14.5 Å². The van der Waals surface area contributed by atoms with Crippen LogP contribution in [0.15, 0.2) is 66.9 Å². The summed E-state index contributed by atoms with van der Waals surface area (Å²) >= 11 is 0. The van der Waals surface area contributed by atoms with E-state index in [0.717, 1.165) is 11.1 Å². The third-order valence-corrected chi connectivity index (χ3v) is 4.16. The first-order valence-electron chi connectivity index (χ1n) is 7.93. The number of carbonyl (C=O) groups is 2.